The summed E-state index contributed by atoms with van der Waals surface area (Å²) in [6.07, 6.45) is 17.4. The lowest BCUT2D eigenvalue weighted by atomic mass is 9.60. The van der Waals surface area contributed by atoms with Gasteiger partial charge in [0.25, 0.3) is 0 Å². The number of esters is 2. The second-order valence-electron chi connectivity index (χ2n) is 47.9. The summed E-state index contributed by atoms with van der Waals surface area (Å²) in [5.41, 5.74) is -2.61. The Kier molecular flexibility index (Phi) is 48.0. The lowest BCUT2D eigenvalue weighted by Crippen LogP contribution is -2.53. The Morgan fingerprint density at radius 2 is 0.592 bits per heavy atom. The molecule has 130 heavy (non-hydrogen) atoms. The van der Waals surface area contributed by atoms with Crippen molar-refractivity contribution in [2.45, 2.75) is 307 Å². The van der Waals surface area contributed by atoms with Crippen LogP contribution in [-0.2, 0) is 85.7 Å². The van der Waals surface area contributed by atoms with Gasteiger partial charge in [0, 0.05) is 217 Å². The maximum atomic E-state index is 13.0. The third-order valence-electron chi connectivity index (χ3n) is 27.6. The van der Waals surface area contributed by atoms with E-state index in [1.807, 2.05) is 118 Å². The fourth-order valence-corrected chi connectivity index (χ4v) is 18.8. The number of ether oxygens (including phenoxy) is 10. The van der Waals surface area contributed by atoms with Crippen LogP contribution in [0.5, 0.6) is 0 Å². The maximum Gasteiger partial charge on any atom is 0.311 e. The van der Waals surface area contributed by atoms with Gasteiger partial charge in [-0.3, -0.25) is 77.6 Å². The molecule has 4 saturated carbocycles. The molecule has 0 bridgehead atoms. The number of carbonyl (C=O) groups excluding carboxylic acids is 8. The van der Waals surface area contributed by atoms with E-state index in [0.717, 1.165) is 301 Å². The van der Waals surface area contributed by atoms with Crippen molar-refractivity contribution < 1.29 is 85.7 Å². The van der Waals surface area contributed by atoms with Crippen LogP contribution < -0.4 is 0 Å². The quantitative estimate of drug-likeness (QED) is 0.0814. The Morgan fingerprint density at radius 1 is 0.308 bits per heavy atom. The Labute approximate surface area is 790 Å². The summed E-state index contributed by atoms with van der Waals surface area (Å²) < 4.78 is 53.6. The molecule has 0 N–H and O–H groups in total. The summed E-state index contributed by atoms with van der Waals surface area (Å²) in [6.45, 7) is 87.8. The van der Waals surface area contributed by atoms with Gasteiger partial charge in [-0.25, -0.2) is 0 Å². The third kappa shape index (κ3) is 41.5. The summed E-state index contributed by atoms with van der Waals surface area (Å²) in [4.78, 5) is 116. The number of carbonyl (C=O) groups is 8. The van der Waals surface area contributed by atoms with Crippen LogP contribution in [0.1, 0.15) is 290 Å². The highest BCUT2D eigenvalue weighted by atomic mass is 16.6. The van der Waals surface area contributed by atoms with Gasteiger partial charge in [-0.1, -0.05) is 142 Å². The lowest BCUT2D eigenvalue weighted by Gasteiger charge is -2.47. The van der Waals surface area contributed by atoms with E-state index < -0.39 is 16.4 Å². The van der Waals surface area contributed by atoms with Gasteiger partial charge < -0.3 is 47.4 Å². The Balaban J connectivity index is 0.000000263. The minimum atomic E-state index is -0.443. The molecule has 0 radical (unpaired) electrons. The zero-order valence-electron chi connectivity index (χ0n) is 87.9. The van der Waals surface area contributed by atoms with Crippen LogP contribution in [0, 0.1) is 59.6 Å². The maximum absolute atomic E-state index is 13.0. The number of hydrogen-bond acceptors (Lipinski definition) is 26. The van der Waals surface area contributed by atoms with E-state index in [4.69, 9.17) is 47.4 Å². The van der Waals surface area contributed by atoms with Crippen molar-refractivity contribution in [3.05, 3.63) is 0 Å². The summed E-state index contributed by atoms with van der Waals surface area (Å²) in [7, 11) is 0. The molecular weight excluding hydrogens is 1650 g/mol. The van der Waals surface area contributed by atoms with Crippen molar-refractivity contribution >= 4 is 46.6 Å². The summed E-state index contributed by atoms with van der Waals surface area (Å²) in [5.74, 6) is 2.20. The van der Waals surface area contributed by atoms with Crippen molar-refractivity contribution in [1.29, 1.82) is 0 Å². The molecule has 8 saturated heterocycles. The molecule has 0 amide bonds. The highest BCUT2D eigenvalue weighted by Gasteiger charge is 2.54. The molecular formula is C104H192N8O18. The lowest BCUT2D eigenvalue weighted by molar-refractivity contribution is -0.168. The Morgan fingerprint density at radius 3 is 0.892 bits per heavy atom. The third-order valence-corrected chi connectivity index (χ3v) is 27.6. The van der Waals surface area contributed by atoms with E-state index in [1.54, 1.807) is 6.92 Å². The van der Waals surface area contributed by atoms with E-state index in [1.165, 1.54) is 38.5 Å². The van der Waals surface area contributed by atoms with E-state index in [2.05, 4.69) is 102 Å². The van der Waals surface area contributed by atoms with E-state index in [9.17, 15) is 38.4 Å². The zero-order valence-corrected chi connectivity index (χ0v) is 87.9. The van der Waals surface area contributed by atoms with E-state index in [-0.39, 0.29) is 66.2 Å². The second kappa shape index (κ2) is 53.5. The Hall–Kier alpha value is -3.68. The van der Waals surface area contributed by atoms with Crippen LogP contribution in [-0.4, -0.2) is 359 Å². The van der Waals surface area contributed by atoms with Crippen molar-refractivity contribution in [2.75, 3.05) is 256 Å². The summed E-state index contributed by atoms with van der Waals surface area (Å²) in [5, 5.41) is 0. The molecule has 0 aromatic rings. The fraction of sp³-hybridized carbons (Fsp3) is 0.923. The van der Waals surface area contributed by atoms with Gasteiger partial charge in [0.05, 0.1) is 117 Å². The average molecular weight is 1840 g/mol. The highest BCUT2D eigenvalue weighted by Crippen LogP contribution is 2.52. The number of rotatable bonds is 24. The first-order chi connectivity index (χ1) is 60.4. The van der Waals surface area contributed by atoms with E-state index in [0.29, 0.717) is 60.2 Å². The molecule has 8 heterocycles. The molecule has 12 fully saturated rings. The van der Waals surface area contributed by atoms with Crippen LogP contribution in [0.25, 0.3) is 0 Å². The topological polar surface area (TPSA) is 255 Å². The molecule has 1 unspecified atom stereocenters. The predicted molar refractivity (Wildman–Crippen MR) is 519 cm³/mol. The molecule has 4 aliphatic carbocycles. The van der Waals surface area contributed by atoms with Gasteiger partial charge in [0.15, 0.2) is 0 Å². The van der Waals surface area contributed by atoms with Gasteiger partial charge in [-0.15, -0.1) is 0 Å². The SMILES string of the molecule is CC(=O)C1(CN2CCOCC2)CCCC1.CC(C)(C)C(=O)C1(CN2CCOCC2)CC1.CC(C)(C)C(=O)C1(CN2CCOCC2)CCC1.CC(C)(C)C(=O)C1(CN2CCOCC2)CCCCC1.CC(C)(C)C(=O)CCN1CCOCC1.CC(C)(C)C(=O)OCC(C)(C)N1CCOCC1.CC(C)(CN1CCOCC1)OC(=O)C(C)(C)C.CC(CC(=O)C(C)(C)C)N1CCOCC1. The second-order valence-corrected chi connectivity index (χ2v) is 47.9. The fourth-order valence-electron chi connectivity index (χ4n) is 18.8. The van der Waals surface area contributed by atoms with Crippen molar-refractivity contribution in [1.82, 2.24) is 39.2 Å². The smallest absolute Gasteiger partial charge is 0.311 e. The van der Waals surface area contributed by atoms with Crippen LogP contribution >= 0.6 is 0 Å². The Bertz CT molecular complexity index is 3320. The first-order valence-electron chi connectivity index (χ1n) is 50.5. The molecule has 1 atom stereocenters. The van der Waals surface area contributed by atoms with Gasteiger partial charge in [0.1, 0.15) is 46.9 Å². The van der Waals surface area contributed by atoms with Gasteiger partial charge in [0.2, 0.25) is 0 Å². The van der Waals surface area contributed by atoms with Crippen molar-refractivity contribution in [3.8, 4) is 0 Å². The highest BCUT2D eigenvalue weighted by molar-refractivity contribution is 5.92. The van der Waals surface area contributed by atoms with Crippen molar-refractivity contribution in [3.63, 3.8) is 0 Å². The molecule has 756 valence electrons. The van der Waals surface area contributed by atoms with Crippen LogP contribution in [0.15, 0.2) is 0 Å². The molecule has 0 aromatic heterocycles. The summed E-state index contributed by atoms with van der Waals surface area (Å²) >= 11 is 0. The number of ketones is 6. The largest absolute Gasteiger partial charge is 0.463 e. The van der Waals surface area contributed by atoms with Gasteiger partial charge >= 0.3 is 11.9 Å². The first-order valence-corrected chi connectivity index (χ1v) is 50.5. The molecule has 8 aliphatic heterocycles. The number of nitrogens with zero attached hydrogens (tertiary/aromatic N) is 8. The molecule has 12 aliphatic rings. The predicted octanol–water partition coefficient (Wildman–Crippen LogP) is 14.6. The van der Waals surface area contributed by atoms with Gasteiger partial charge in [-0.05, 0) is 134 Å². The average Bonchev–Trinajstić information content (AvgIpc) is 1.65. The molecule has 0 aromatic carbocycles. The van der Waals surface area contributed by atoms with Gasteiger partial charge in [-0.2, -0.15) is 0 Å². The van der Waals surface area contributed by atoms with Crippen LogP contribution in [0.3, 0.4) is 0 Å². The van der Waals surface area contributed by atoms with E-state index >= 15 is 0 Å². The molecule has 0 spiro atoms. The minimum Gasteiger partial charge on any atom is -0.463 e. The minimum absolute atomic E-state index is 0.0165. The van der Waals surface area contributed by atoms with Crippen LogP contribution in [0.4, 0.5) is 0 Å². The standard InChI is InChI=1S/C16H29NO2.C14H25NO2.2C13H25NO3.C13H23NO2.C12H21NO2.C12H23NO2.C11H21NO2/c1-15(2,3)14(18)16(7-5-4-6-8-16)13-17-9-11-19-12-10-17;1-13(2,3)12(16)14(5-4-6-14)11-15-7-9-17-10-8-15;1-12(2,3)11(15)17-10-13(4,5)14-6-8-16-9-7-14;1-12(2,3)11(15)17-13(4,5)10-14-6-8-16-9-7-14;1-12(2,3)11(15)13(4-5-13)10-14-6-8-16-9-7-14;1-11(14)12(4-2-3-5-12)10-13-6-8-15-9-7-13;1-10(9-11(14)12(2,3)4)13-5-7-15-8-6-13;1-11(2,3)10(13)4-5-12-6-8-14-9-7-12/h4-13H2,1-3H3;4-11H2,1-3H3;2*6-10H2,1-5H3;4-10H2,1-3H3;2-10H2,1H3;10H,5-9H2,1-4H3;4-9H2,1-3H3. The monoisotopic (exact) mass is 1840 g/mol. The zero-order chi connectivity index (χ0) is 97.3. The molecule has 26 nitrogen and oxygen atoms in total. The number of morpholine rings is 8. The normalized spacial score (nSPS) is 22.8. The number of hydrogen-bond donors (Lipinski definition) is 0. The van der Waals surface area contributed by atoms with Crippen molar-refractivity contribution in [2.24, 2.45) is 59.6 Å². The van der Waals surface area contributed by atoms with Crippen LogP contribution in [0.2, 0.25) is 0 Å². The molecule has 26 heteroatoms. The number of Topliss-reactive ketones (excluding diaryl/α,β-unsaturated/α-hetero) is 6. The first kappa shape index (κ1) is 117. The molecule has 12 rings (SSSR count). The summed E-state index contributed by atoms with van der Waals surface area (Å²) in [6, 6.07) is 0.348.